The molecule has 0 unspecified atom stereocenters. The van der Waals surface area contributed by atoms with Crippen molar-refractivity contribution in [3.63, 3.8) is 0 Å². The first-order valence-corrected chi connectivity index (χ1v) is 7.02. The molecular weight excluding hydrogens is 212 g/mol. The third kappa shape index (κ3) is 2.41. The van der Waals surface area contributed by atoms with Crippen molar-refractivity contribution in [1.29, 1.82) is 0 Å². The summed E-state index contributed by atoms with van der Waals surface area (Å²) in [6.45, 7) is 10.1. The molecule has 0 aliphatic carbocycles. The van der Waals surface area contributed by atoms with E-state index in [0.717, 1.165) is 25.5 Å². The lowest BCUT2D eigenvalue weighted by Crippen LogP contribution is -2.57. The third-order valence-electron chi connectivity index (χ3n) is 4.16. The highest BCUT2D eigenvalue weighted by Gasteiger charge is 2.43. The van der Waals surface area contributed by atoms with Crippen molar-refractivity contribution in [2.24, 2.45) is 10.7 Å². The van der Waals surface area contributed by atoms with Gasteiger partial charge in [-0.2, -0.15) is 0 Å². The molecule has 0 radical (unpaired) electrons. The number of guanidine groups is 1. The second kappa shape index (κ2) is 5.25. The quantitative estimate of drug-likeness (QED) is 0.802. The molecule has 1 spiro atoms. The molecule has 0 amide bonds. The Bertz CT molecular complexity index is 279. The van der Waals surface area contributed by atoms with Crippen molar-refractivity contribution in [1.82, 2.24) is 9.80 Å². The van der Waals surface area contributed by atoms with E-state index < -0.39 is 0 Å². The summed E-state index contributed by atoms with van der Waals surface area (Å²) < 4.78 is 0. The maximum absolute atomic E-state index is 6.03. The molecule has 17 heavy (non-hydrogen) atoms. The third-order valence-corrected chi connectivity index (χ3v) is 4.16. The average molecular weight is 238 g/mol. The molecular formula is C13H26N4. The van der Waals surface area contributed by atoms with Crippen LogP contribution < -0.4 is 5.73 Å². The van der Waals surface area contributed by atoms with Crippen molar-refractivity contribution in [2.75, 3.05) is 32.7 Å². The Morgan fingerprint density at radius 2 is 1.82 bits per heavy atom. The monoisotopic (exact) mass is 238 g/mol. The number of hydrogen-bond acceptors (Lipinski definition) is 4. The van der Waals surface area contributed by atoms with Gasteiger partial charge in [-0.05, 0) is 32.2 Å². The average Bonchev–Trinajstić information content (AvgIpc) is 2.63. The van der Waals surface area contributed by atoms with Crippen LogP contribution >= 0.6 is 0 Å². The number of hydrogen-bond donors (Lipinski definition) is 1. The molecule has 0 atom stereocenters. The number of nitrogens with two attached hydrogens (primary N) is 1. The van der Waals surface area contributed by atoms with E-state index in [1.54, 1.807) is 0 Å². The Kier molecular flexibility index (Phi) is 3.92. The van der Waals surface area contributed by atoms with E-state index >= 15 is 0 Å². The second-order valence-corrected chi connectivity index (χ2v) is 5.39. The van der Waals surface area contributed by atoms with Gasteiger partial charge in [0.2, 0.25) is 0 Å². The van der Waals surface area contributed by atoms with E-state index in [0.29, 0.717) is 0 Å². The van der Waals surface area contributed by atoms with E-state index in [-0.39, 0.29) is 5.54 Å². The summed E-state index contributed by atoms with van der Waals surface area (Å²) in [5.74, 6) is 0.774. The van der Waals surface area contributed by atoms with Gasteiger partial charge in [0.15, 0.2) is 5.96 Å². The minimum absolute atomic E-state index is 0.254. The summed E-state index contributed by atoms with van der Waals surface area (Å²) in [4.78, 5) is 9.43. The zero-order valence-corrected chi connectivity index (χ0v) is 11.3. The van der Waals surface area contributed by atoms with Gasteiger partial charge in [0.05, 0.1) is 12.1 Å². The molecule has 2 rings (SSSR count). The number of piperidine rings is 1. The van der Waals surface area contributed by atoms with Gasteiger partial charge in [-0.3, -0.25) is 4.99 Å². The van der Waals surface area contributed by atoms with E-state index in [1.165, 1.54) is 38.9 Å². The SMILES string of the molecule is CCCN1CCC2(CC1)CN=C(N)N2CCC. The van der Waals surface area contributed by atoms with Gasteiger partial charge in [0, 0.05) is 19.6 Å². The molecule has 0 saturated carbocycles. The first-order valence-electron chi connectivity index (χ1n) is 7.02. The Hall–Kier alpha value is -0.770. The molecule has 1 fully saturated rings. The Labute approximate surface area is 105 Å². The van der Waals surface area contributed by atoms with Gasteiger partial charge in [-0.15, -0.1) is 0 Å². The summed E-state index contributed by atoms with van der Waals surface area (Å²) >= 11 is 0. The first-order chi connectivity index (χ1) is 8.22. The Morgan fingerprint density at radius 1 is 1.18 bits per heavy atom. The van der Waals surface area contributed by atoms with Gasteiger partial charge in [0.1, 0.15) is 0 Å². The standard InChI is InChI=1S/C13H26N4/c1-3-7-16-9-5-13(6-10-16)11-15-12(14)17(13)8-4-2/h3-11H2,1-2H3,(H2,14,15). The van der Waals surface area contributed by atoms with Crippen LogP contribution in [0.15, 0.2) is 4.99 Å². The normalized spacial score (nSPS) is 24.4. The van der Waals surface area contributed by atoms with Gasteiger partial charge < -0.3 is 15.5 Å². The smallest absolute Gasteiger partial charge is 0.191 e. The summed E-state index contributed by atoms with van der Waals surface area (Å²) in [6.07, 6.45) is 4.84. The lowest BCUT2D eigenvalue weighted by molar-refractivity contribution is 0.0858. The van der Waals surface area contributed by atoms with E-state index in [9.17, 15) is 0 Å². The lowest BCUT2D eigenvalue weighted by Gasteiger charge is -2.45. The summed E-state index contributed by atoms with van der Waals surface area (Å²) in [5, 5.41) is 0. The minimum atomic E-state index is 0.254. The predicted octanol–water partition coefficient (Wildman–Crippen LogP) is 1.27. The van der Waals surface area contributed by atoms with Crippen LogP contribution in [0.5, 0.6) is 0 Å². The molecule has 2 heterocycles. The number of likely N-dealkylation sites (tertiary alicyclic amines) is 1. The van der Waals surface area contributed by atoms with E-state index in [1.807, 2.05) is 0 Å². The van der Waals surface area contributed by atoms with Crippen molar-refractivity contribution >= 4 is 5.96 Å². The molecule has 0 aromatic carbocycles. The van der Waals surface area contributed by atoms with Crippen molar-refractivity contribution in [2.45, 2.75) is 45.1 Å². The zero-order chi connectivity index (χ0) is 12.3. The van der Waals surface area contributed by atoms with Gasteiger partial charge >= 0.3 is 0 Å². The molecule has 2 aliphatic heterocycles. The summed E-state index contributed by atoms with van der Waals surface area (Å²) in [5.41, 5.74) is 6.28. The van der Waals surface area contributed by atoms with E-state index in [4.69, 9.17) is 5.73 Å². The molecule has 4 nitrogen and oxygen atoms in total. The molecule has 2 aliphatic rings. The fourth-order valence-corrected chi connectivity index (χ4v) is 3.15. The maximum Gasteiger partial charge on any atom is 0.191 e. The molecule has 0 aromatic heterocycles. The van der Waals surface area contributed by atoms with Crippen LogP contribution in [-0.4, -0.2) is 54.0 Å². The topological polar surface area (TPSA) is 44.9 Å². The highest BCUT2D eigenvalue weighted by Crippen LogP contribution is 2.33. The van der Waals surface area contributed by atoms with Crippen molar-refractivity contribution in [3.05, 3.63) is 0 Å². The highest BCUT2D eigenvalue weighted by atomic mass is 15.4. The molecule has 1 saturated heterocycles. The maximum atomic E-state index is 6.03. The Morgan fingerprint density at radius 3 is 2.41 bits per heavy atom. The van der Waals surface area contributed by atoms with Crippen LogP contribution in [0.4, 0.5) is 0 Å². The van der Waals surface area contributed by atoms with Crippen molar-refractivity contribution < 1.29 is 0 Å². The molecule has 4 heteroatoms. The molecule has 2 N–H and O–H groups in total. The zero-order valence-electron chi connectivity index (χ0n) is 11.3. The van der Waals surface area contributed by atoms with Crippen LogP contribution in [0.3, 0.4) is 0 Å². The van der Waals surface area contributed by atoms with Crippen LogP contribution in [0, 0.1) is 0 Å². The van der Waals surface area contributed by atoms with Crippen LogP contribution in [0.25, 0.3) is 0 Å². The first kappa shape index (κ1) is 12.7. The number of rotatable bonds is 4. The van der Waals surface area contributed by atoms with Gasteiger partial charge in [0.25, 0.3) is 0 Å². The lowest BCUT2D eigenvalue weighted by atomic mass is 9.86. The second-order valence-electron chi connectivity index (χ2n) is 5.39. The van der Waals surface area contributed by atoms with Crippen LogP contribution in [0.2, 0.25) is 0 Å². The van der Waals surface area contributed by atoms with E-state index in [2.05, 4.69) is 28.6 Å². The predicted molar refractivity (Wildman–Crippen MR) is 72.2 cm³/mol. The van der Waals surface area contributed by atoms with Crippen LogP contribution in [-0.2, 0) is 0 Å². The molecule has 0 aromatic rings. The van der Waals surface area contributed by atoms with Gasteiger partial charge in [-0.1, -0.05) is 13.8 Å². The summed E-state index contributed by atoms with van der Waals surface area (Å²) in [6, 6.07) is 0. The fourth-order valence-electron chi connectivity index (χ4n) is 3.15. The summed E-state index contributed by atoms with van der Waals surface area (Å²) in [7, 11) is 0. The fraction of sp³-hybridized carbons (Fsp3) is 0.923. The largest absolute Gasteiger partial charge is 0.370 e. The van der Waals surface area contributed by atoms with Gasteiger partial charge in [-0.25, -0.2) is 0 Å². The molecule has 0 bridgehead atoms. The van der Waals surface area contributed by atoms with Crippen molar-refractivity contribution in [3.8, 4) is 0 Å². The number of nitrogens with zero attached hydrogens (tertiary/aromatic N) is 3. The molecule has 98 valence electrons. The number of aliphatic imine (C=N–C) groups is 1. The van der Waals surface area contributed by atoms with Crippen LogP contribution in [0.1, 0.15) is 39.5 Å². The Balaban J connectivity index is 1.97. The minimum Gasteiger partial charge on any atom is -0.370 e. The highest BCUT2D eigenvalue weighted by molar-refractivity contribution is 5.81.